The lowest BCUT2D eigenvalue weighted by Gasteiger charge is -2.14. The molecule has 4 rings (SSSR count). The predicted octanol–water partition coefficient (Wildman–Crippen LogP) is 4.95. The quantitative estimate of drug-likeness (QED) is 0.506. The fourth-order valence-electron chi connectivity index (χ4n) is 3.52. The maximum Gasteiger partial charge on any atom is 0.161 e. The summed E-state index contributed by atoms with van der Waals surface area (Å²) in [5, 5.41) is 4.59. The maximum atomic E-state index is 5.52. The lowest BCUT2D eigenvalue weighted by Crippen LogP contribution is -1.99. The third-order valence-corrected chi connectivity index (χ3v) is 4.95. The fourth-order valence-corrected chi connectivity index (χ4v) is 3.52. The van der Waals surface area contributed by atoms with Crippen molar-refractivity contribution in [3.8, 4) is 11.5 Å². The molecule has 27 heavy (non-hydrogen) atoms. The predicted molar refractivity (Wildman–Crippen MR) is 109 cm³/mol. The number of aromatic nitrogens is 2. The van der Waals surface area contributed by atoms with Gasteiger partial charge in [-0.1, -0.05) is 31.2 Å². The van der Waals surface area contributed by atoms with Crippen LogP contribution in [-0.2, 0) is 12.8 Å². The van der Waals surface area contributed by atoms with Crippen LogP contribution >= 0.6 is 0 Å². The molecule has 0 fully saturated rings. The molecule has 0 saturated carbocycles. The lowest BCUT2D eigenvalue weighted by molar-refractivity contribution is 0.356. The van der Waals surface area contributed by atoms with Crippen LogP contribution in [0, 0.1) is 0 Å². The third-order valence-electron chi connectivity index (χ3n) is 4.95. The number of hydrogen-bond acceptors (Lipinski definition) is 4. The Morgan fingerprint density at radius 3 is 2.22 bits per heavy atom. The fraction of sp³-hybridized carbons (Fsp3) is 0.217. The van der Waals surface area contributed by atoms with Crippen LogP contribution < -0.4 is 9.47 Å². The first-order chi connectivity index (χ1) is 13.2. The van der Waals surface area contributed by atoms with Crippen molar-refractivity contribution in [3.05, 3.63) is 71.8 Å². The molecule has 0 atom stereocenters. The van der Waals surface area contributed by atoms with Crippen molar-refractivity contribution in [3.63, 3.8) is 0 Å². The molecule has 0 amide bonds. The van der Waals surface area contributed by atoms with Crippen LogP contribution in [0.1, 0.15) is 23.9 Å². The van der Waals surface area contributed by atoms with Gasteiger partial charge in [0.25, 0.3) is 0 Å². The van der Waals surface area contributed by atoms with Gasteiger partial charge in [-0.15, -0.1) is 0 Å². The van der Waals surface area contributed by atoms with Gasteiger partial charge in [-0.3, -0.25) is 9.97 Å². The van der Waals surface area contributed by atoms with E-state index in [0.717, 1.165) is 51.0 Å². The zero-order valence-electron chi connectivity index (χ0n) is 15.8. The Labute approximate surface area is 158 Å². The molecule has 0 aliphatic heterocycles. The number of aryl methyl sites for hydroxylation is 1. The highest BCUT2D eigenvalue weighted by Crippen LogP contribution is 2.35. The molecule has 136 valence electrons. The van der Waals surface area contributed by atoms with Crippen molar-refractivity contribution in [2.24, 2.45) is 0 Å². The van der Waals surface area contributed by atoms with E-state index in [9.17, 15) is 0 Å². The lowest BCUT2D eigenvalue weighted by atomic mass is 9.99. The van der Waals surface area contributed by atoms with E-state index in [4.69, 9.17) is 14.5 Å². The summed E-state index contributed by atoms with van der Waals surface area (Å²) < 4.78 is 11.0. The summed E-state index contributed by atoms with van der Waals surface area (Å²) in [7, 11) is 3.32. The van der Waals surface area contributed by atoms with Crippen LogP contribution in [0.15, 0.2) is 54.9 Å². The van der Waals surface area contributed by atoms with Gasteiger partial charge in [0.2, 0.25) is 0 Å². The molecule has 0 saturated heterocycles. The summed E-state index contributed by atoms with van der Waals surface area (Å²) in [4.78, 5) is 9.33. The van der Waals surface area contributed by atoms with Crippen molar-refractivity contribution >= 4 is 21.5 Å². The van der Waals surface area contributed by atoms with E-state index in [1.807, 2.05) is 30.6 Å². The zero-order chi connectivity index (χ0) is 18.8. The SMILES string of the molecule is CCc1ncc(Cc2cc3ccccc3cn2)c2cc(OC)c(OC)cc12. The summed E-state index contributed by atoms with van der Waals surface area (Å²) in [5.74, 6) is 1.45. The molecule has 2 aromatic carbocycles. The number of rotatable bonds is 5. The minimum absolute atomic E-state index is 0.716. The molecule has 4 heteroatoms. The summed E-state index contributed by atoms with van der Waals surface area (Å²) in [6, 6.07) is 14.5. The first-order valence-corrected chi connectivity index (χ1v) is 9.09. The zero-order valence-corrected chi connectivity index (χ0v) is 15.8. The number of pyridine rings is 2. The van der Waals surface area contributed by atoms with Gasteiger partial charge < -0.3 is 9.47 Å². The Kier molecular flexibility index (Phi) is 4.63. The van der Waals surface area contributed by atoms with Crippen LogP contribution in [0.25, 0.3) is 21.5 Å². The second kappa shape index (κ2) is 7.23. The number of hydrogen-bond donors (Lipinski definition) is 0. The first-order valence-electron chi connectivity index (χ1n) is 9.09. The molecule has 0 aliphatic carbocycles. The molecule has 0 radical (unpaired) electrons. The molecule has 0 spiro atoms. The number of methoxy groups -OCH3 is 2. The summed E-state index contributed by atoms with van der Waals surface area (Å²) in [5.41, 5.74) is 3.21. The van der Waals surface area contributed by atoms with E-state index < -0.39 is 0 Å². The molecular formula is C23H22N2O2. The monoisotopic (exact) mass is 358 g/mol. The van der Waals surface area contributed by atoms with Gasteiger partial charge in [-0.25, -0.2) is 0 Å². The molecule has 4 nitrogen and oxygen atoms in total. The van der Waals surface area contributed by atoms with E-state index in [0.29, 0.717) is 6.42 Å². The van der Waals surface area contributed by atoms with E-state index in [-0.39, 0.29) is 0 Å². The Morgan fingerprint density at radius 2 is 1.52 bits per heavy atom. The minimum atomic E-state index is 0.716. The number of ether oxygens (including phenoxy) is 2. The van der Waals surface area contributed by atoms with Crippen LogP contribution in [0.4, 0.5) is 0 Å². The van der Waals surface area contributed by atoms with Crippen molar-refractivity contribution in [2.75, 3.05) is 14.2 Å². The third kappa shape index (κ3) is 3.19. The molecule has 4 aromatic rings. The van der Waals surface area contributed by atoms with Gasteiger partial charge in [-0.05, 0) is 41.0 Å². The van der Waals surface area contributed by atoms with Gasteiger partial charge >= 0.3 is 0 Å². The van der Waals surface area contributed by atoms with Crippen molar-refractivity contribution in [1.29, 1.82) is 0 Å². The Morgan fingerprint density at radius 1 is 0.815 bits per heavy atom. The smallest absolute Gasteiger partial charge is 0.161 e. The average Bonchev–Trinajstić information content (AvgIpc) is 2.72. The van der Waals surface area contributed by atoms with Crippen LogP contribution in [-0.4, -0.2) is 24.2 Å². The topological polar surface area (TPSA) is 44.2 Å². The largest absolute Gasteiger partial charge is 0.493 e. The second-order valence-corrected chi connectivity index (χ2v) is 6.54. The first kappa shape index (κ1) is 17.3. The summed E-state index contributed by atoms with van der Waals surface area (Å²) in [6.45, 7) is 2.11. The van der Waals surface area contributed by atoms with E-state index >= 15 is 0 Å². The normalized spacial score (nSPS) is 11.1. The molecule has 2 aromatic heterocycles. The van der Waals surface area contributed by atoms with Crippen molar-refractivity contribution in [2.45, 2.75) is 19.8 Å². The van der Waals surface area contributed by atoms with Gasteiger partial charge in [0, 0.05) is 41.0 Å². The highest BCUT2D eigenvalue weighted by Gasteiger charge is 2.13. The highest BCUT2D eigenvalue weighted by atomic mass is 16.5. The second-order valence-electron chi connectivity index (χ2n) is 6.54. The van der Waals surface area contributed by atoms with E-state index in [2.05, 4.69) is 36.2 Å². The Hall–Kier alpha value is -3.14. The Balaban J connectivity index is 1.84. The minimum Gasteiger partial charge on any atom is -0.493 e. The highest BCUT2D eigenvalue weighted by molar-refractivity contribution is 5.91. The molecule has 0 N–H and O–H groups in total. The van der Waals surface area contributed by atoms with Gasteiger partial charge in [-0.2, -0.15) is 0 Å². The Bertz CT molecular complexity index is 1120. The number of nitrogens with zero attached hydrogens (tertiary/aromatic N) is 2. The number of benzene rings is 2. The molecular weight excluding hydrogens is 336 g/mol. The van der Waals surface area contributed by atoms with Crippen LogP contribution in [0.2, 0.25) is 0 Å². The van der Waals surface area contributed by atoms with Gasteiger partial charge in [0.05, 0.1) is 14.2 Å². The van der Waals surface area contributed by atoms with Crippen molar-refractivity contribution < 1.29 is 9.47 Å². The van der Waals surface area contributed by atoms with Gasteiger partial charge in [0.1, 0.15) is 0 Å². The van der Waals surface area contributed by atoms with E-state index in [1.165, 1.54) is 5.39 Å². The molecule has 2 heterocycles. The summed E-state index contributed by atoms with van der Waals surface area (Å²) in [6.07, 6.45) is 5.47. The van der Waals surface area contributed by atoms with Crippen molar-refractivity contribution in [1.82, 2.24) is 9.97 Å². The number of fused-ring (bicyclic) bond motifs is 2. The average molecular weight is 358 g/mol. The standard InChI is InChI=1S/C23H22N2O2/c1-4-21-20-12-23(27-3)22(26-2)11-19(20)17(14-25-21)10-18-9-15-7-5-6-8-16(15)13-24-18/h5-9,11-14H,4,10H2,1-3H3. The molecule has 0 bridgehead atoms. The van der Waals surface area contributed by atoms with Crippen LogP contribution in [0.3, 0.4) is 0 Å². The molecule has 0 unspecified atom stereocenters. The summed E-state index contributed by atoms with van der Waals surface area (Å²) >= 11 is 0. The van der Waals surface area contributed by atoms with Gasteiger partial charge in [0.15, 0.2) is 11.5 Å². The van der Waals surface area contributed by atoms with E-state index in [1.54, 1.807) is 14.2 Å². The molecule has 0 aliphatic rings. The maximum absolute atomic E-state index is 5.52. The van der Waals surface area contributed by atoms with Crippen LogP contribution in [0.5, 0.6) is 11.5 Å².